The van der Waals surface area contributed by atoms with Gasteiger partial charge in [-0.2, -0.15) is 26.3 Å². The van der Waals surface area contributed by atoms with Gasteiger partial charge in [0.25, 0.3) is 0 Å². The number of piperidine rings is 1. The monoisotopic (exact) mass is 545 g/mol. The summed E-state index contributed by atoms with van der Waals surface area (Å²) in [5.41, 5.74) is -3.60. The first kappa shape index (κ1) is 26.6. The number of alkyl halides is 6. The number of hydrogen-bond donors (Lipinski definition) is 1. The molecule has 0 aliphatic carbocycles. The highest BCUT2D eigenvalue weighted by atomic mass is 35.5. The third-order valence-corrected chi connectivity index (χ3v) is 7.30. The molecule has 0 unspecified atom stereocenters. The Hall–Kier alpha value is -2.43. The maximum absolute atomic E-state index is 14.3. The zero-order chi connectivity index (χ0) is 26.1. The van der Waals surface area contributed by atoms with Crippen LogP contribution in [-0.2, 0) is 12.4 Å². The first-order valence-electron chi connectivity index (χ1n) is 11.1. The minimum atomic E-state index is -5.27. The quantitative estimate of drug-likeness (QED) is 0.259. The number of para-hydroxylation sites is 1. The Morgan fingerprint density at radius 2 is 1.58 bits per heavy atom. The lowest BCUT2D eigenvalue weighted by Crippen LogP contribution is -2.36. The molecule has 2 heterocycles. The van der Waals surface area contributed by atoms with E-state index >= 15 is 0 Å². The fraction of sp³-hybridized carbons (Fsp3) is 0.320. The molecular weight excluding hydrogens is 524 g/mol. The molecule has 11 heteroatoms. The molecule has 2 aromatic carbocycles. The highest BCUT2D eigenvalue weighted by molar-refractivity contribution is 7.99. The molecule has 1 fully saturated rings. The van der Waals surface area contributed by atoms with E-state index in [1.165, 1.54) is 6.07 Å². The van der Waals surface area contributed by atoms with Crippen LogP contribution >= 0.6 is 23.4 Å². The van der Waals surface area contributed by atoms with Crippen LogP contribution in [0.4, 0.5) is 32.0 Å². The minimum Gasteiger partial charge on any atom is -0.381 e. The highest BCUT2D eigenvalue weighted by Crippen LogP contribution is 2.50. The number of rotatable bonds is 5. The van der Waals surface area contributed by atoms with Gasteiger partial charge in [-0.1, -0.05) is 41.6 Å². The molecule has 0 spiro atoms. The van der Waals surface area contributed by atoms with E-state index in [1.807, 2.05) is 7.05 Å². The summed E-state index contributed by atoms with van der Waals surface area (Å²) in [6.45, 7) is 1.75. The van der Waals surface area contributed by atoms with E-state index in [0.29, 0.717) is 22.3 Å². The topological polar surface area (TPSA) is 28.2 Å². The molecule has 0 radical (unpaired) electrons. The van der Waals surface area contributed by atoms with Gasteiger partial charge >= 0.3 is 12.4 Å². The molecule has 3 nitrogen and oxygen atoms in total. The lowest BCUT2D eigenvalue weighted by molar-refractivity contribution is -0.163. The van der Waals surface area contributed by atoms with E-state index in [2.05, 4.69) is 15.2 Å². The van der Waals surface area contributed by atoms with Crippen LogP contribution in [0, 0.1) is 0 Å². The van der Waals surface area contributed by atoms with E-state index in [0.717, 1.165) is 50.3 Å². The fourth-order valence-corrected chi connectivity index (χ4v) is 5.47. The van der Waals surface area contributed by atoms with E-state index in [-0.39, 0.29) is 16.8 Å². The predicted molar refractivity (Wildman–Crippen MR) is 129 cm³/mol. The van der Waals surface area contributed by atoms with E-state index in [9.17, 15) is 26.3 Å². The molecule has 36 heavy (non-hydrogen) atoms. The standard InChI is InChI=1S/C25H22ClF6N3S/c1-35-12-9-16(10-13-35)34-18-4-2-3-5-19(18)36-20-7-6-17(15-8-11-33-21(26)14-15)22(24(27,28)29)23(20)25(30,31)32/h2-8,11,14,16,34H,9-10,12-13H2,1H3. The summed E-state index contributed by atoms with van der Waals surface area (Å²) in [5.74, 6) is 0. The van der Waals surface area contributed by atoms with Crippen molar-refractivity contribution in [2.75, 3.05) is 25.5 Å². The average molecular weight is 546 g/mol. The lowest BCUT2D eigenvalue weighted by atomic mass is 9.95. The Kier molecular flexibility index (Phi) is 7.78. The molecule has 4 rings (SSSR count). The molecule has 192 valence electrons. The zero-order valence-corrected chi connectivity index (χ0v) is 20.6. The van der Waals surface area contributed by atoms with Crippen molar-refractivity contribution < 1.29 is 26.3 Å². The second-order valence-corrected chi connectivity index (χ2v) is 10.0. The number of anilines is 1. The van der Waals surface area contributed by atoms with Crippen LogP contribution in [0.5, 0.6) is 0 Å². The largest absolute Gasteiger partial charge is 0.418 e. The van der Waals surface area contributed by atoms with Crippen LogP contribution in [0.15, 0.2) is 64.5 Å². The van der Waals surface area contributed by atoms with Crippen molar-refractivity contribution in [1.29, 1.82) is 0 Å². The predicted octanol–water partition coefficient (Wildman–Crippen LogP) is 8.10. The van der Waals surface area contributed by atoms with Gasteiger partial charge in [-0.3, -0.25) is 0 Å². The van der Waals surface area contributed by atoms with Crippen LogP contribution < -0.4 is 5.32 Å². The number of likely N-dealkylation sites (tertiary alicyclic amines) is 1. The molecule has 1 aromatic heterocycles. The van der Waals surface area contributed by atoms with Crippen LogP contribution in [-0.4, -0.2) is 36.1 Å². The van der Waals surface area contributed by atoms with Crippen molar-refractivity contribution in [3.8, 4) is 11.1 Å². The minimum absolute atomic E-state index is 0.103. The van der Waals surface area contributed by atoms with Gasteiger partial charge in [-0.15, -0.1) is 0 Å². The number of halogens is 7. The van der Waals surface area contributed by atoms with Gasteiger partial charge in [0.1, 0.15) is 5.15 Å². The molecule has 1 saturated heterocycles. The molecule has 1 aliphatic heterocycles. The molecule has 0 amide bonds. The van der Waals surface area contributed by atoms with Gasteiger partial charge in [0, 0.05) is 27.7 Å². The summed E-state index contributed by atoms with van der Waals surface area (Å²) in [6, 6.07) is 11.3. The number of benzene rings is 2. The summed E-state index contributed by atoms with van der Waals surface area (Å²) < 4.78 is 85.3. The fourth-order valence-electron chi connectivity index (χ4n) is 4.22. The summed E-state index contributed by atoms with van der Waals surface area (Å²) in [5, 5.41) is 3.24. The Morgan fingerprint density at radius 3 is 2.22 bits per heavy atom. The normalized spacial score (nSPS) is 15.8. The van der Waals surface area contributed by atoms with Crippen LogP contribution in [0.3, 0.4) is 0 Å². The summed E-state index contributed by atoms with van der Waals surface area (Å²) in [6.07, 6.45) is -7.66. The maximum Gasteiger partial charge on any atom is 0.418 e. The number of hydrogen-bond acceptors (Lipinski definition) is 4. The number of nitrogens with one attached hydrogen (secondary N) is 1. The second kappa shape index (κ2) is 10.5. The van der Waals surface area contributed by atoms with Crippen molar-refractivity contribution in [3.63, 3.8) is 0 Å². The highest BCUT2D eigenvalue weighted by Gasteiger charge is 2.47. The summed E-state index contributed by atoms with van der Waals surface area (Å²) in [7, 11) is 2.01. The number of pyridine rings is 1. The van der Waals surface area contributed by atoms with E-state index in [4.69, 9.17) is 11.6 Å². The smallest absolute Gasteiger partial charge is 0.381 e. The van der Waals surface area contributed by atoms with Crippen LogP contribution in [0.1, 0.15) is 24.0 Å². The van der Waals surface area contributed by atoms with Crippen molar-refractivity contribution in [2.24, 2.45) is 0 Å². The second-order valence-electron chi connectivity index (χ2n) is 8.54. The maximum atomic E-state index is 14.3. The average Bonchev–Trinajstić information content (AvgIpc) is 2.80. The first-order valence-corrected chi connectivity index (χ1v) is 12.3. The third kappa shape index (κ3) is 6.10. The van der Waals surface area contributed by atoms with Gasteiger partial charge in [0.2, 0.25) is 0 Å². The van der Waals surface area contributed by atoms with E-state index in [1.54, 1.807) is 24.3 Å². The molecule has 1 N–H and O–H groups in total. The Bertz CT molecular complexity index is 1220. The summed E-state index contributed by atoms with van der Waals surface area (Å²) in [4.78, 5) is 5.78. The molecule has 0 bridgehead atoms. The van der Waals surface area contributed by atoms with Crippen molar-refractivity contribution in [2.45, 2.75) is 41.0 Å². The van der Waals surface area contributed by atoms with Crippen molar-refractivity contribution in [1.82, 2.24) is 9.88 Å². The number of aromatic nitrogens is 1. The van der Waals surface area contributed by atoms with Crippen LogP contribution in [0.2, 0.25) is 5.15 Å². The summed E-state index contributed by atoms with van der Waals surface area (Å²) >= 11 is 6.47. The number of nitrogens with zero attached hydrogens (tertiary/aromatic N) is 2. The molecule has 1 aliphatic rings. The Balaban J connectivity index is 1.79. The lowest BCUT2D eigenvalue weighted by Gasteiger charge is -2.30. The zero-order valence-electron chi connectivity index (χ0n) is 19.1. The van der Waals surface area contributed by atoms with Gasteiger partial charge in [-0.25, -0.2) is 4.98 Å². The molecule has 3 aromatic rings. The van der Waals surface area contributed by atoms with Gasteiger partial charge in [0.05, 0.1) is 11.1 Å². The molecule has 0 atom stereocenters. The Morgan fingerprint density at radius 1 is 0.917 bits per heavy atom. The van der Waals surface area contributed by atoms with E-state index < -0.39 is 33.9 Å². The van der Waals surface area contributed by atoms with Crippen LogP contribution in [0.25, 0.3) is 11.1 Å². The molecular formula is C25H22ClF6N3S. The van der Waals surface area contributed by atoms with Gasteiger partial charge in [-0.05, 0) is 74.4 Å². The van der Waals surface area contributed by atoms with Gasteiger partial charge < -0.3 is 10.2 Å². The molecule has 0 saturated carbocycles. The van der Waals surface area contributed by atoms with Gasteiger partial charge in [0.15, 0.2) is 0 Å². The third-order valence-electron chi connectivity index (χ3n) is 5.96. The SMILES string of the molecule is CN1CCC(Nc2ccccc2Sc2ccc(-c3ccnc(Cl)c3)c(C(F)(F)F)c2C(F)(F)F)CC1. The Labute approximate surface area is 213 Å². The van der Waals surface area contributed by atoms with Crippen molar-refractivity contribution in [3.05, 3.63) is 71.0 Å². The first-order chi connectivity index (χ1) is 16.9. The van der Waals surface area contributed by atoms with Crippen molar-refractivity contribution >= 4 is 29.1 Å².